The molecule has 0 amide bonds. The topological polar surface area (TPSA) is 29.5 Å². The third kappa shape index (κ3) is 3.74. The van der Waals surface area contributed by atoms with E-state index >= 15 is 0 Å². The molecule has 0 heterocycles. The van der Waals surface area contributed by atoms with E-state index in [0.29, 0.717) is 12.3 Å². The third-order valence-electron chi connectivity index (χ3n) is 2.93. The molecule has 0 aliphatic carbocycles. The monoisotopic (exact) mass is 236 g/mol. The van der Waals surface area contributed by atoms with E-state index in [1.54, 1.807) is 7.11 Å². The number of ether oxygens (including phenoxy) is 1. The average molecular weight is 236 g/mol. The fourth-order valence-corrected chi connectivity index (χ4v) is 2.03. The average Bonchev–Trinajstić information content (AvgIpc) is 2.18. The molecule has 0 unspecified atom stereocenters. The highest BCUT2D eigenvalue weighted by atomic mass is 16.5. The van der Waals surface area contributed by atoms with Gasteiger partial charge < -0.3 is 9.84 Å². The van der Waals surface area contributed by atoms with Gasteiger partial charge in [0, 0.05) is 6.42 Å². The zero-order valence-electron chi connectivity index (χ0n) is 11.8. The molecule has 1 N–H and O–H groups in total. The number of rotatable bonds is 4. The second-order valence-corrected chi connectivity index (χ2v) is 5.66. The molecule has 96 valence electrons. The Kier molecular flexibility index (Phi) is 4.21. The van der Waals surface area contributed by atoms with Gasteiger partial charge in [0.2, 0.25) is 0 Å². The van der Waals surface area contributed by atoms with Crippen LogP contribution >= 0.6 is 0 Å². The SMILES string of the molecule is COc1cc(C)c(CC(C)(C)O)cc1C(C)C. The van der Waals surface area contributed by atoms with Gasteiger partial charge in [-0.2, -0.15) is 0 Å². The fourth-order valence-electron chi connectivity index (χ4n) is 2.03. The fraction of sp³-hybridized carbons (Fsp3) is 0.600. The van der Waals surface area contributed by atoms with Crippen molar-refractivity contribution in [2.45, 2.75) is 52.6 Å². The van der Waals surface area contributed by atoms with Crippen LogP contribution < -0.4 is 4.74 Å². The van der Waals surface area contributed by atoms with Crippen LogP contribution in [-0.2, 0) is 6.42 Å². The number of hydrogen-bond acceptors (Lipinski definition) is 2. The Morgan fingerprint density at radius 1 is 1.29 bits per heavy atom. The van der Waals surface area contributed by atoms with E-state index in [-0.39, 0.29) is 0 Å². The van der Waals surface area contributed by atoms with E-state index in [4.69, 9.17) is 4.74 Å². The van der Waals surface area contributed by atoms with Crippen molar-refractivity contribution in [3.05, 3.63) is 28.8 Å². The lowest BCUT2D eigenvalue weighted by Crippen LogP contribution is -2.22. The van der Waals surface area contributed by atoms with Crippen molar-refractivity contribution in [3.8, 4) is 5.75 Å². The number of hydrogen-bond donors (Lipinski definition) is 1. The lowest BCUT2D eigenvalue weighted by atomic mass is 9.90. The summed E-state index contributed by atoms with van der Waals surface area (Å²) in [6, 6.07) is 4.23. The maximum absolute atomic E-state index is 9.92. The van der Waals surface area contributed by atoms with Gasteiger partial charge in [0.05, 0.1) is 12.7 Å². The maximum atomic E-state index is 9.92. The first kappa shape index (κ1) is 14.0. The summed E-state index contributed by atoms with van der Waals surface area (Å²) in [5.41, 5.74) is 2.90. The normalized spacial score (nSPS) is 12.0. The summed E-state index contributed by atoms with van der Waals surface area (Å²) in [5, 5.41) is 9.92. The summed E-state index contributed by atoms with van der Waals surface area (Å²) in [6.07, 6.45) is 0.669. The van der Waals surface area contributed by atoms with Crippen LogP contribution in [0.15, 0.2) is 12.1 Å². The molecule has 17 heavy (non-hydrogen) atoms. The first-order valence-corrected chi connectivity index (χ1v) is 6.14. The minimum atomic E-state index is -0.673. The second kappa shape index (κ2) is 5.09. The van der Waals surface area contributed by atoms with Gasteiger partial charge in [-0.3, -0.25) is 0 Å². The van der Waals surface area contributed by atoms with E-state index in [0.717, 1.165) is 5.75 Å². The van der Waals surface area contributed by atoms with Gasteiger partial charge >= 0.3 is 0 Å². The summed E-state index contributed by atoms with van der Waals surface area (Å²) in [7, 11) is 1.70. The van der Waals surface area contributed by atoms with Crippen LogP contribution in [0, 0.1) is 6.92 Å². The van der Waals surface area contributed by atoms with Gasteiger partial charge in [0.15, 0.2) is 0 Å². The van der Waals surface area contributed by atoms with Crippen molar-refractivity contribution in [2.75, 3.05) is 7.11 Å². The molecule has 0 aliphatic rings. The van der Waals surface area contributed by atoms with Crippen LogP contribution in [0.4, 0.5) is 0 Å². The lowest BCUT2D eigenvalue weighted by molar-refractivity contribution is 0.0808. The maximum Gasteiger partial charge on any atom is 0.122 e. The Labute approximate surface area is 105 Å². The van der Waals surface area contributed by atoms with E-state index in [2.05, 4.69) is 32.9 Å². The smallest absolute Gasteiger partial charge is 0.122 e. The minimum absolute atomic E-state index is 0.422. The molecule has 0 atom stereocenters. The molecular weight excluding hydrogens is 212 g/mol. The first-order chi connectivity index (χ1) is 7.74. The van der Waals surface area contributed by atoms with Crippen LogP contribution in [0.5, 0.6) is 5.75 Å². The Bertz CT molecular complexity index is 387. The van der Waals surface area contributed by atoms with E-state index in [1.807, 2.05) is 13.8 Å². The van der Waals surface area contributed by atoms with Crippen molar-refractivity contribution >= 4 is 0 Å². The predicted octanol–water partition coefficient (Wildman–Crippen LogP) is 3.44. The van der Waals surface area contributed by atoms with E-state index in [1.165, 1.54) is 16.7 Å². The Morgan fingerprint density at radius 3 is 2.29 bits per heavy atom. The number of methoxy groups -OCH3 is 1. The number of benzene rings is 1. The van der Waals surface area contributed by atoms with Gasteiger partial charge in [-0.1, -0.05) is 19.9 Å². The summed E-state index contributed by atoms with van der Waals surface area (Å²) >= 11 is 0. The predicted molar refractivity (Wildman–Crippen MR) is 71.8 cm³/mol. The molecule has 0 aliphatic heterocycles. The van der Waals surface area contributed by atoms with Crippen molar-refractivity contribution < 1.29 is 9.84 Å². The molecule has 0 saturated heterocycles. The molecule has 2 nitrogen and oxygen atoms in total. The summed E-state index contributed by atoms with van der Waals surface area (Å²) in [6.45, 7) is 10.0. The Morgan fingerprint density at radius 2 is 1.88 bits per heavy atom. The molecule has 1 aromatic rings. The van der Waals surface area contributed by atoms with Crippen molar-refractivity contribution in [3.63, 3.8) is 0 Å². The molecule has 0 bridgehead atoms. The molecular formula is C15H24O2. The molecule has 0 saturated carbocycles. The molecule has 2 heteroatoms. The highest BCUT2D eigenvalue weighted by molar-refractivity contribution is 5.44. The third-order valence-corrected chi connectivity index (χ3v) is 2.93. The van der Waals surface area contributed by atoms with E-state index in [9.17, 15) is 5.11 Å². The molecule has 0 spiro atoms. The van der Waals surface area contributed by atoms with Gasteiger partial charge in [-0.05, 0) is 49.4 Å². The van der Waals surface area contributed by atoms with Gasteiger partial charge in [-0.15, -0.1) is 0 Å². The van der Waals surface area contributed by atoms with E-state index < -0.39 is 5.60 Å². The molecule has 0 aromatic heterocycles. The Balaban J connectivity index is 3.20. The van der Waals surface area contributed by atoms with Crippen molar-refractivity contribution in [1.29, 1.82) is 0 Å². The minimum Gasteiger partial charge on any atom is -0.496 e. The summed E-state index contributed by atoms with van der Waals surface area (Å²) in [5.74, 6) is 1.36. The first-order valence-electron chi connectivity index (χ1n) is 6.14. The molecule has 0 radical (unpaired) electrons. The van der Waals surface area contributed by atoms with Crippen molar-refractivity contribution in [2.24, 2.45) is 0 Å². The summed E-state index contributed by atoms with van der Waals surface area (Å²) < 4.78 is 5.41. The quantitative estimate of drug-likeness (QED) is 0.867. The molecule has 0 fully saturated rings. The number of aliphatic hydroxyl groups is 1. The summed E-state index contributed by atoms with van der Waals surface area (Å²) in [4.78, 5) is 0. The van der Waals surface area contributed by atoms with Crippen LogP contribution in [-0.4, -0.2) is 17.8 Å². The van der Waals surface area contributed by atoms with Crippen LogP contribution in [0.25, 0.3) is 0 Å². The van der Waals surface area contributed by atoms with Crippen LogP contribution in [0.2, 0.25) is 0 Å². The van der Waals surface area contributed by atoms with Crippen molar-refractivity contribution in [1.82, 2.24) is 0 Å². The molecule has 1 aromatic carbocycles. The van der Waals surface area contributed by atoms with Gasteiger partial charge in [0.25, 0.3) is 0 Å². The zero-order valence-corrected chi connectivity index (χ0v) is 11.8. The van der Waals surface area contributed by atoms with Crippen LogP contribution in [0.1, 0.15) is 50.3 Å². The highest BCUT2D eigenvalue weighted by Gasteiger charge is 2.17. The second-order valence-electron chi connectivity index (χ2n) is 5.66. The van der Waals surface area contributed by atoms with Gasteiger partial charge in [-0.25, -0.2) is 0 Å². The Hall–Kier alpha value is -1.02. The van der Waals surface area contributed by atoms with Gasteiger partial charge in [0.1, 0.15) is 5.75 Å². The highest BCUT2D eigenvalue weighted by Crippen LogP contribution is 2.30. The zero-order chi connectivity index (χ0) is 13.2. The molecule has 1 rings (SSSR count). The largest absolute Gasteiger partial charge is 0.496 e. The lowest BCUT2D eigenvalue weighted by Gasteiger charge is -2.21. The standard InChI is InChI=1S/C15H24O2/c1-10(2)13-8-12(9-15(4,5)16)11(3)7-14(13)17-6/h7-8,10,16H,9H2,1-6H3. The van der Waals surface area contributed by atoms with Crippen LogP contribution in [0.3, 0.4) is 0 Å². The number of aryl methyl sites for hydroxylation is 1.